The van der Waals surface area contributed by atoms with Crippen molar-refractivity contribution in [1.82, 2.24) is 16.2 Å². The molecule has 2 aromatic rings. The lowest BCUT2D eigenvalue weighted by Gasteiger charge is -2.13. The van der Waals surface area contributed by atoms with Crippen molar-refractivity contribution in [2.24, 2.45) is 0 Å². The summed E-state index contributed by atoms with van der Waals surface area (Å²) in [6.07, 6.45) is 0.687. The van der Waals surface area contributed by atoms with Crippen LogP contribution in [0.25, 0.3) is 0 Å². The molecule has 144 valence electrons. The summed E-state index contributed by atoms with van der Waals surface area (Å²) in [4.78, 5) is 12.5. The standard InChI is InChI=1S/C21H27N3O3/c1-3-26-17-11-9-15(10-12-17)18-13-19(24-23-18)21(25)22-14-16-7-5-6-8-20(16)27-4-2/h5-12,18-19,23-24H,3-4,13-14H2,1-2H3,(H,22,25). The van der Waals surface area contributed by atoms with E-state index in [-0.39, 0.29) is 18.0 Å². The van der Waals surface area contributed by atoms with Crippen LogP contribution in [0.3, 0.4) is 0 Å². The first-order valence-corrected chi connectivity index (χ1v) is 9.43. The van der Waals surface area contributed by atoms with E-state index in [0.717, 1.165) is 22.6 Å². The van der Waals surface area contributed by atoms with E-state index in [0.29, 0.717) is 26.2 Å². The fourth-order valence-electron chi connectivity index (χ4n) is 3.16. The van der Waals surface area contributed by atoms with Gasteiger partial charge in [0.05, 0.1) is 13.2 Å². The highest BCUT2D eigenvalue weighted by molar-refractivity contribution is 5.82. The normalized spacial score (nSPS) is 18.9. The van der Waals surface area contributed by atoms with Crippen LogP contribution in [0.1, 0.15) is 37.4 Å². The van der Waals surface area contributed by atoms with Crippen molar-refractivity contribution in [3.05, 3.63) is 59.7 Å². The first-order valence-electron chi connectivity index (χ1n) is 9.43. The number of para-hydroxylation sites is 1. The lowest BCUT2D eigenvalue weighted by Crippen LogP contribution is -2.42. The Morgan fingerprint density at radius 3 is 2.52 bits per heavy atom. The van der Waals surface area contributed by atoms with Crippen molar-refractivity contribution in [3.63, 3.8) is 0 Å². The van der Waals surface area contributed by atoms with E-state index in [2.05, 4.69) is 16.2 Å². The van der Waals surface area contributed by atoms with Crippen molar-refractivity contribution in [3.8, 4) is 11.5 Å². The summed E-state index contributed by atoms with van der Waals surface area (Å²) >= 11 is 0. The molecule has 6 nitrogen and oxygen atoms in total. The van der Waals surface area contributed by atoms with Gasteiger partial charge in [-0.15, -0.1) is 0 Å². The van der Waals surface area contributed by atoms with Gasteiger partial charge in [-0.05, 0) is 44.0 Å². The molecule has 0 saturated carbocycles. The van der Waals surface area contributed by atoms with E-state index >= 15 is 0 Å². The molecule has 1 aliphatic heterocycles. The van der Waals surface area contributed by atoms with E-state index in [1.807, 2.05) is 62.4 Å². The molecule has 1 fully saturated rings. The second kappa shape index (κ2) is 9.39. The fraction of sp³-hybridized carbons (Fsp3) is 0.381. The number of hydrogen-bond donors (Lipinski definition) is 3. The topological polar surface area (TPSA) is 71.6 Å². The van der Waals surface area contributed by atoms with Crippen molar-refractivity contribution in [1.29, 1.82) is 0 Å². The molecule has 0 bridgehead atoms. The lowest BCUT2D eigenvalue weighted by atomic mass is 10.0. The predicted molar refractivity (Wildman–Crippen MR) is 104 cm³/mol. The van der Waals surface area contributed by atoms with E-state index in [4.69, 9.17) is 9.47 Å². The summed E-state index contributed by atoms with van der Waals surface area (Å²) in [6.45, 7) is 5.61. The molecule has 1 amide bonds. The van der Waals surface area contributed by atoms with E-state index in [9.17, 15) is 4.79 Å². The Hall–Kier alpha value is -2.57. The van der Waals surface area contributed by atoms with Crippen molar-refractivity contribution < 1.29 is 14.3 Å². The average Bonchev–Trinajstić information content (AvgIpc) is 3.18. The highest BCUT2D eigenvalue weighted by Gasteiger charge is 2.30. The van der Waals surface area contributed by atoms with Crippen LogP contribution < -0.4 is 25.6 Å². The van der Waals surface area contributed by atoms with Crippen LogP contribution in [0.2, 0.25) is 0 Å². The highest BCUT2D eigenvalue weighted by atomic mass is 16.5. The number of hydrogen-bond acceptors (Lipinski definition) is 5. The zero-order valence-corrected chi connectivity index (χ0v) is 15.8. The van der Waals surface area contributed by atoms with Gasteiger partial charge in [-0.2, -0.15) is 0 Å². The number of hydrazine groups is 1. The van der Waals surface area contributed by atoms with Crippen LogP contribution in [-0.4, -0.2) is 25.2 Å². The summed E-state index contributed by atoms with van der Waals surface area (Å²) < 4.78 is 11.1. The monoisotopic (exact) mass is 369 g/mol. The summed E-state index contributed by atoms with van der Waals surface area (Å²) in [5.74, 6) is 1.64. The van der Waals surface area contributed by atoms with Crippen molar-refractivity contribution in [2.45, 2.75) is 38.9 Å². The quantitative estimate of drug-likeness (QED) is 0.667. The maximum atomic E-state index is 12.5. The maximum absolute atomic E-state index is 12.5. The number of amides is 1. The molecule has 3 rings (SSSR count). The Morgan fingerprint density at radius 1 is 1.04 bits per heavy atom. The van der Waals surface area contributed by atoms with Crippen LogP contribution in [-0.2, 0) is 11.3 Å². The van der Waals surface area contributed by atoms with Crippen molar-refractivity contribution in [2.75, 3.05) is 13.2 Å². The molecule has 0 spiro atoms. The second-order valence-corrected chi connectivity index (χ2v) is 6.39. The molecule has 6 heteroatoms. The van der Waals surface area contributed by atoms with Gasteiger partial charge >= 0.3 is 0 Å². The molecule has 27 heavy (non-hydrogen) atoms. The van der Waals surface area contributed by atoms with Gasteiger partial charge in [0.1, 0.15) is 17.5 Å². The molecule has 0 aliphatic carbocycles. The summed E-state index contributed by atoms with van der Waals surface area (Å²) in [6, 6.07) is 15.6. The third-order valence-corrected chi connectivity index (χ3v) is 4.54. The van der Waals surface area contributed by atoms with Gasteiger partial charge in [0.25, 0.3) is 0 Å². The van der Waals surface area contributed by atoms with Crippen molar-refractivity contribution >= 4 is 5.91 Å². The second-order valence-electron chi connectivity index (χ2n) is 6.39. The molecule has 0 aromatic heterocycles. The van der Waals surface area contributed by atoms with Crippen LogP contribution in [0, 0.1) is 0 Å². The number of carbonyl (C=O) groups excluding carboxylic acids is 1. The Kier molecular flexibility index (Phi) is 6.68. The molecule has 1 saturated heterocycles. The molecule has 1 heterocycles. The number of rotatable bonds is 8. The van der Waals surface area contributed by atoms with Crippen LogP contribution >= 0.6 is 0 Å². The molecule has 2 atom stereocenters. The van der Waals surface area contributed by atoms with E-state index in [1.54, 1.807) is 0 Å². The van der Waals surface area contributed by atoms with Gasteiger partial charge in [0, 0.05) is 18.2 Å². The largest absolute Gasteiger partial charge is 0.494 e. The van der Waals surface area contributed by atoms with Crippen LogP contribution in [0.4, 0.5) is 0 Å². The Morgan fingerprint density at radius 2 is 1.78 bits per heavy atom. The SMILES string of the molecule is CCOc1ccc(C2CC(C(=O)NCc3ccccc3OCC)NN2)cc1. The van der Waals surface area contributed by atoms with E-state index < -0.39 is 0 Å². The van der Waals surface area contributed by atoms with Crippen LogP contribution in [0.5, 0.6) is 11.5 Å². The number of ether oxygens (including phenoxy) is 2. The Balaban J connectivity index is 1.53. The van der Waals surface area contributed by atoms with E-state index in [1.165, 1.54) is 0 Å². The summed E-state index contributed by atoms with van der Waals surface area (Å²) in [7, 11) is 0. The lowest BCUT2D eigenvalue weighted by molar-refractivity contribution is -0.123. The zero-order chi connectivity index (χ0) is 19.1. The molecule has 2 unspecified atom stereocenters. The minimum atomic E-state index is -0.277. The van der Waals surface area contributed by atoms with Gasteiger partial charge in [-0.25, -0.2) is 10.9 Å². The first-order chi connectivity index (χ1) is 13.2. The van der Waals surface area contributed by atoms with Gasteiger partial charge in [0.2, 0.25) is 5.91 Å². The third kappa shape index (κ3) is 4.99. The minimum absolute atomic E-state index is 0.0257. The molecule has 1 aliphatic rings. The maximum Gasteiger partial charge on any atom is 0.238 e. The highest BCUT2D eigenvalue weighted by Crippen LogP contribution is 2.24. The number of carbonyl (C=O) groups is 1. The first kappa shape index (κ1) is 19.2. The fourth-order valence-corrected chi connectivity index (χ4v) is 3.16. The Bertz CT molecular complexity index is 749. The molecule has 0 radical (unpaired) electrons. The molecule has 3 N–H and O–H groups in total. The smallest absolute Gasteiger partial charge is 0.238 e. The third-order valence-electron chi connectivity index (χ3n) is 4.54. The van der Waals surface area contributed by atoms with Gasteiger partial charge in [-0.3, -0.25) is 4.79 Å². The zero-order valence-electron chi connectivity index (χ0n) is 15.8. The predicted octanol–water partition coefficient (Wildman–Crippen LogP) is 2.71. The molecular weight excluding hydrogens is 342 g/mol. The van der Waals surface area contributed by atoms with Gasteiger partial charge in [-0.1, -0.05) is 30.3 Å². The number of benzene rings is 2. The van der Waals surface area contributed by atoms with Gasteiger partial charge in [0.15, 0.2) is 0 Å². The molecule has 2 aromatic carbocycles. The van der Waals surface area contributed by atoms with Gasteiger partial charge < -0.3 is 14.8 Å². The number of nitrogens with one attached hydrogen (secondary N) is 3. The summed E-state index contributed by atoms with van der Waals surface area (Å²) in [5, 5.41) is 3.00. The Labute approximate surface area is 160 Å². The molecular formula is C21H27N3O3. The average molecular weight is 369 g/mol. The van der Waals surface area contributed by atoms with Crippen LogP contribution in [0.15, 0.2) is 48.5 Å². The minimum Gasteiger partial charge on any atom is -0.494 e. The summed E-state index contributed by atoms with van der Waals surface area (Å²) in [5.41, 5.74) is 8.41.